The number of likely N-dealkylation sites (tertiary alicyclic amines) is 1. The summed E-state index contributed by atoms with van der Waals surface area (Å²) in [6.45, 7) is 12.0. The third-order valence-corrected chi connectivity index (χ3v) is 5.25. The van der Waals surface area contributed by atoms with Crippen molar-refractivity contribution in [1.29, 1.82) is 0 Å². The van der Waals surface area contributed by atoms with Crippen LogP contribution in [0.25, 0.3) is 0 Å². The van der Waals surface area contributed by atoms with Crippen LogP contribution in [0.5, 0.6) is 0 Å². The molecule has 1 amide bonds. The summed E-state index contributed by atoms with van der Waals surface area (Å²) in [7, 11) is 0. The van der Waals surface area contributed by atoms with E-state index in [0.29, 0.717) is 25.8 Å². The number of nitrogens with one attached hydrogen (secondary N) is 1. The lowest BCUT2D eigenvalue weighted by Gasteiger charge is -2.45. The third-order valence-electron chi connectivity index (χ3n) is 5.25. The largest absolute Gasteiger partial charge is 0.354 e. The minimum atomic E-state index is -0.364. The normalized spacial score (nSPS) is 26.0. The molecule has 0 aromatic carbocycles. The van der Waals surface area contributed by atoms with Crippen molar-refractivity contribution in [1.82, 2.24) is 10.2 Å². The van der Waals surface area contributed by atoms with Gasteiger partial charge in [-0.2, -0.15) is 10.2 Å². The van der Waals surface area contributed by atoms with Gasteiger partial charge in [0.2, 0.25) is 5.91 Å². The van der Waals surface area contributed by atoms with Crippen molar-refractivity contribution in [3.63, 3.8) is 0 Å². The number of terminal acetylenes is 1. The van der Waals surface area contributed by atoms with Crippen LogP contribution in [-0.2, 0) is 4.79 Å². The molecule has 1 saturated heterocycles. The quantitative estimate of drug-likeness (QED) is 0.694. The van der Waals surface area contributed by atoms with Crippen molar-refractivity contribution in [3.05, 3.63) is 0 Å². The number of piperidine rings is 1. The first-order chi connectivity index (χ1) is 11.3. The fraction of sp³-hybridized carbons (Fsp3) is 0.842. The van der Waals surface area contributed by atoms with E-state index in [1.807, 2.05) is 0 Å². The summed E-state index contributed by atoms with van der Waals surface area (Å²) >= 11 is 0. The molecular weight excluding hydrogens is 300 g/mol. The molecule has 0 bridgehead atoms. The summed E-state index contributed by atoms with van der Waals surface area (Å²) in [5.41, 5.74) is -0.384. The van der Waals surface area contributed by atoms with Crippen LogP contribution < -0.4 is 5.32 Å². The Morgan fingerprint density at radius 3 is 2.46 bits per heavy atom. The molecule has 1 fully saturated rings. The number of nitrogens with zero attached hydrogens (tertiary/aromatic N) is 3. The van der Waals surface area contributed by atoms with Gasteiger partial charge in [0.1, 0.15) is 0 Å². The number of hydrogen-bond acceptors (Lipinski definition) is 4. The van der Waals surface area contributed by atoms with E-state index in [2.05, 4.69) is 54.1 Å². The smallest absolute Gasteiger partial charge is 0.220 e. The molecule has 134 valence electrons. The molecule has 0 aromatic rings. The molecule has 0 aromatic heterocycles. The molecule has 1 N–H and O–H groups in total. The maximum atomic E-state index is 12.2. The monoisotopic (exact) mass is 332 g/mol. The van der Waals surface area contributed by atoms with Gasteiger partial charge in [-0.1, -0.05) is 13.8 Å². The Kier molecular flexibility index (Phi) is 6.03. The van der Waals surface area contributed by atoms with Crippen LogP contribution in [-0.4, -0.2) is 41.6 Å². The lowest BCUT2D eigenvalue weighted by molar-refractivity contribution is -0.122. The van der Waals surface area contributed by atoms with Crippen LogP contribution in [0.2, 0.25) is 0 Å². The number of amides is 1. The van der Waals surface area contributed by atoms with Gasteiger partial charge in [0.05, 0.1) is 0 Å². The molecule has 0 radical (unpaired) electrons. The average Bonchev–Trinajstić information content (AvgIpc) is 3.28. The summed E-state index contributed by atoms with van der Waals surface area (Å²) in [4.78, 5) is 14.7. The first-order valence-electron chi connectivity index (χ1n) is 9.16. The molecule has 2 unspecified atom stereocenters. The highest BCUT2D eigenvalue weighted by Gasteiger charge is 2.39. The number of carbonyl (C=O) groups excluding carboxylic acids is 1. The predicted molar refractivity (Wildman–Crippen MR) is 96.5 cm³/mol. The van der Waals surface area contributed by atoms with E-state index >= 15 is 0 Å². The summed E-state index contributed by atoms with van der Waals surface area (Å²) in [5, 5.41) is 11.3. The van der Waals surface area contributed by atoms with Gasteiger partial charge in [-0.05, 0) is 32.1 Å². The van der Waals surface area contributed by atoms with Crippen molar-refractivity contribution in [2.75, 3.05) is 19.6 Å². The first kappa shape index (κ1) is 18.9. The fourth-order valence-corrected chi connectivity index (χ4v) is 3.65. The van der Waals surface area contributed by atoms with Crippen molar-refractivity contribution >= 4 is 5.91 Å². The number of hydrogen-bond donors (Lipinski definition) is 1. The Labute approximate surface area is 146 Å². The minimum absolute atomic E-state index is 0.0198. The highest BCUT2D eigenvalue weighted by molar-refractivity contribution is 5.76. The van der Waals surface area contributed by atoms with E-state index in [9.17, 15) is 4.79 Å². The van der Waals surface area contributed by atoms with Crippen LogP contribution in [0, 0.1) is 24.2 Å². The molecular formula is C19H32N4O. The molecule has 0 spiro atoms. The Balaban J connectivity index is 1.73. The van der Waals surface area contributed by atoms with E-state index in [4.69, 9.17) is 6.42 Å². The van der Waals surface area contributed by atoms with Crippen LogP contribution in [0.4, 0.5) is 0 Å². The standard InChI is InChI=1S/C19H32N4O/c1-6-7-9-19(21-22-19)10-8-17(24)20-14-18(4,5)23-12-15(2)11-16(3)13-23/h1,15-16H,7-14H2,2-5H3,(H,20,24). The summed E-state index contributed by atoms with van der Waals surface area (Å²) in [5.74, 6) is 4.14. The maximum Gasteiger partial charge on any atom is 0.220 e. The molecule has 2 atom stereocenters. The molecule has 0 aliphatic carbocycles. The highest BCUT2D eigenvalue weighted by atomic mass is 16.1. The summed E-state index contributed by atoms with van der Waals surface area (Å²) < 4.78 is 0. The van der Waals surface area contributed by atoms with Gasteiger partial charge >= 0.3 is 0 Å². The molecule has 2 aliphatic rings. The van der Waals surface area contributed by atoms with Gasteiger partial charge in [-0.3, -0.25) is 9.69 Å². The van der Waals surface area contributed by atoms with Crippen LogP contribution in [0.3, 0.4) is 0 Å². The Bertz CT molecular complexity index is 504. The van der Waals surface area contributed by atoms with Crippen molar-refractivity contribution < 1.29 is 4.79 Å². The van der Waals surface area contributed by atoms with Gasteiger partial charge in [0.25, 0.3) is 0 Å². The van der Waals surface area contributed by atoms with Gasteiger partial charge < -0.3 is 5.32 Å². The van der Waals surface area contributed by atoms with Crippen LogP contribution in [0.1, 0.15) is 59.8 Å². The highest BCUT2D eigenvalue weighted by Crippen LogP contribution is 2.37. The maximum absolute atomic E-state index is 12.2. The van der Waals surface area contributed by atoms with E-state index in [1.165, 1.54) is 6.42 Å². The number of carbonyl (C=O) groups is 1. The Morgan fingerprint density at radius 2 is 1.92 bits per heavy atom. The zero-order valence-corrected chi connectivity index (χ0v) is 15.6. The second-order valence-electron chi connectivity index (χ2n) is 8.33. The van der Waals surface area contributed by atoms with Gasteiger partial charge in [-0.15, -0.1) is 12.3 Å². The van der Waals surface area contributed by atoms with Crippen molar-refractivity contribution in [2.24, 2.45) is 22.1 Å². The zero-order chi connectivity index (χ0) is 17.8. The lowest BCUT2D eigenvalue weighted by Crippen LogP contribution is -2.56. The molecule has 2 heterocycles. The first-order valence-corrected chi connectivity index (χ1v) is 9.16. The summed E-state index contributed by atoms with van der Waals surface area (Å²) in [6, 6.07) is 0. The van der Waals surface area contributed by atoms with Crippen molar-refractivity contribution in [2.45, 2.75) is 71.0 Å². The second-order valence-corrected chi connectivity index (χ2v) is 8.33. The Morgan fingerprint density at radius 1 is 1.29 bits per heavy atom. The topological polar surface area (TPSA) is 57.1 Å². The lowest BCUT2D eigenvalue weighted by atomic mass is 9.88. The SMILES string of the molecule is C#CCCC1(CCC(=O)NCC(C)(C)N2CC(C)CC(C)C2)N=N1. The van der Waals surface area contributed by atoms with E-state index in [-0.39, 0.29) is 17.1 Å². The fourth-order valence-electron chi connectivity index (χ4n) is 3.65. The minimum Gasteiger partial charge on any atom is -0.354 e. The van der Waals surface area contributed by atoms with Gasteiger partial charge in [-0.25, -0.2) is 0 Å². The summed E-state index contributed by atoms with van der Waals surface area (Å²) in [6.07, 6.45) is 9.13. The molecule has 2 rings (SSSR count). The van der Waals surface area contributed by atoms with E-state index < -0.39 is 0 Å². The molecule has 2 aliphatic heterocycles. The third kappa shape index (κ3) is 5.31. The zero-order valence-electron chi connectivity index (χ0n) is 15.6. The molecule has 0 saturated carbocycles. The predicted octanol–water partition coefficient (Wildman–Crippen LogP) is 3.21. The Hall–Kier alpha value is -1.41. The molecule has 5 heteroatoms. The average molecular weight is 332 g/mol. The molecule has 24 heavy (non-hydrogen) atoms. The van der Waals surface area contributed by atoms with Crippen LogP contribution >= 0.6 is 0 Å². The van der Waals surface area contributed by atoms with Gasteiger partial charge in [0.15, 0.2) is 5.66 Å². The molecule has 5 nitrogen and oxygen atoms in total. The van der Waals surface area contributed by atoms with Crippen molar-refractivity contribution in [3.8, 4) is 12.3 Å². The van der Waals surface area contributed by atoms with Gasteiger partial charge in [0, 0.05) is 50.9 Å². The van der Waals surface area contributed by atoms with E-state index in [0.717, 1.165) is 31.3 Å². The number of rotatable bonds is 8. The second kappa shape index (κ2) is 7.65. The van der Waals surface area contributed by atoms with E-state index in [1.54, 1.807) is 0 Å². The van der Waals surface area contributed by atoms with Crippen LogP contribution in [0.15, 0.2) is 10.2 Å².